The molecule has 2 rings (SSSR count). The van der Waals surface area contributed by atoms with Gasteiger partial charge in [-0.25, -0.2) is 0 Å². The smallest absolute Gasteiger partial charge is 0.273 e. The summed E-state index contributed by atoms with van der Waals surface area (Å²) in [6, 6.07) is 5.40. The van der Waals surface area contributed by atoms with Crippen molar-refractivity contribution in [3.05, 3.63) is 33.9 Å². The molecule has 92 valence electrons. The Labute approximate surface area is 109 Å². The van der Waals surface area contributed by atoms with Gasteiger partial charge in [0.15, 0.2) is 0 Å². The van der Waals surface area contributed by atoms with Crippen LogP contribution in [0.1, 0.15) is 24.8 Å². The molecule has 1 aromatic rings. The highest BCUT2D eigenvalue weighted by Gasteiger charge is 2.16. The summed E-state index contributed by atoms with van der Waals surface area (Å²) in [6.45, 7) is 2.11. The molecule has 1 heterocycles. The van der Waals surface area contributed by atoms with E-state index < -0.39 is 0 Å². The molecule has 0 N–H and O–H groups in total. The van der Waals surface area contributed by atoms with Crippen LogP contribution in [0.25, 0.3) is 0 Å². The Morgan fingerprint density at radius 3 is 2.59 bits per heavy atom. The maximum absolute atomic E-state index is 10.8. The van der Waals surface area contributed by atoms with E-state index in [1.54, 1.807) is 6.07 Å². The molecule has 0 radical (unpaired) electrons. The van der Waals surface area contributed by atoms with Gasteiger partial charge >= 0.3 is 0 Å². The molecule has 0 saturated carbocycles. The van der Waals surface area contributed by atoms with E-state index in [4.69, 9.17) is 0 Å². The van der Waals surface area contributed by atoms with Gasteiger partial charge < -0.3 is 4.90 Å². The van der Waals surface area contributed by atoms with Crippen LogP contribution in [-0.4, -0.2) is 18.0 Å². The fourth-order valence-corrected chi connectivity index (χ4v) is 2.65. The minimum atomic E-state index is -0.323. The summed E-state index contributed by atoms with van der Waals surface area (Å²) in [4.78, 5) is 12.8. The second kappa shape index (κ2) is 5.49. The Kier molecular flexibility index (Phi) is 3.99. The summed E-state index contributed by atoms with van der Waals surface area (Å²) < 4.78 is 0. The number of rotatable bonds is 3. The Morgan fingerprint density at radius 1 is 1.29 bits per heavy atom. The molecule has 0 atom stereocenters. The second-order valence-electron chi connectivity index (χ2n) is 4.25. The zero-order chi connectivity index (χ0) is 12.3. The van der Waals surface area contributed by atoms with Crippen molar-refractivity contribution in [1.29, 1.82) is 0 Å². The van der Waals surface area contributed by atoms with Crippen molar-refractivity contribution in [2.75, 3.05) is 18.0 Å². The summed E-state index contributed by atoms with van der Waals surface area (Å²) in [6.07, 6.45) is 3.70. The Hall–Kier alpha value is -1.10. The number of benzene rings is 1. The Morgan fingerprint density at radius 2 is 2.00 bits per heavy atom. The van der Waals surface area contributed by atoms with E-state index in [1.807, 2.05) is 12.1 Å². The Bertz CT molecular complexity index is 417. The molecule has 17 heavy (non-hydrogen) atoms. The van der Waals surface area contributed by atoms with Crippen LogP contribution in [-0.2, 0) is 5.33 Å². The third-order valence-corrected chi connectivity index (χ3v) is 3.73. The number of nitrogens with zero attached hydrogens (tertiary/aromatic N) is 2. The van der Waals surface area contributed by atoms with E-state index in [9.17, 15) is 10.1 Å². The van der Waals surface area contributed by atoms with E-state index in [-0.39, 0.29) is 10.6 Å². The average molecular weight is 299 g/mol. The number of hydrogen-bond donors (Lipinski definition) is 0. The number of hydrogen-bond acceptors (Lipinski definition) is 3. The first-order valence-electron chi connectivity index (χ1n) is 5.80. The van der Waals surface area contributed by atoms with Gasteiger partial charge in [0, 0.05) is 35.7 Å². The van der Waals surface area contributed by atoms with Crippen LogP contribution in [0, 0.1) is 10.1 Å². The fraction of sp³-hybridized carbons (Fsp3) is 0.500. The van der Waals surface area contributed by atoms with Crippen molar-refractivity contribution in [1.82, 2.24) is 0 Å². The minimum Gasteiger partial charge on any atom is -0.372 e. The number of halogens is 1. The molecule has 1 saturated heterocycles. The van der Waals surface area contributed by atoms with Gasteiger partial charge in [-0.3, -0.25) is 10.1 Å². The molecular formula is C12H15BrN2O2. The highest BCUT2D eigenvalue weighted by atomic mass is 79.9. The number of anilines is 1. The third-order valence-electron chi connectivity index (χ3n) is 3.12. The summed E-state index contributed by atoms with van der Waals surface area (Å²) >= 11 is 3.31. The molecular weight excluding hydrogens is 284 g/mol. The van der Waals surface area contributed by atoms with Gasteiger partial charge in [0.25, 0.3) is 5.69 Å². The van der Waals surface area contributed by atoms with Gasteiger partial charge in [0.2, 0.25) is 0 Å². The molecule has 0 bridgehead atoms. The zero-order valence-electron chi connectivity index (χ0n) is 9.56. The molecule has 1 aliphatic rings. The standard InChI is InChI=1S/C12H15BrN2O2/c13-9-10-8-11(4-5-12(10)15(16)17)14-6-2-1-3-7-14/h4-5,8H,1-3,6-7,9H2. The molecule has 1 aliphatic heterocycles. The molecule has 1 aromatic carbocycles. The SMILES string of the molecule is O=[N+]([O-])c1ccc(N2CCCCC2)cc1CBr. The highest BCUT2D eigenvalue weighted by Crippen LogP contribution is 2.28. The van der Waals surface area contributed by atoms with E-state index in [0.29, 0.717) is 5.33 Å². The van der Waals surface area contributed by atoms with Crippen molar-refractivity contribution < 1.29 is 4.92 Å². The quantitative estimate of drug-likeness (QED) is 0.487. The first kappa shape index (κ1) is 12.4. The van der Waals surface area contributed by atoms with Crippen LogP contribution in [0.2, 0.25) is 0 Å². The summed E-state index contributed by atoms with van der Waals surface area (Å²) in [5.41, 5.74) is 2.05. The van der Waals surface area contributed by atoms with Crippen molar-refractivity contribution in [3.8, 4) is 0 Å². The number of piperidine rings is 1. The third kappa shape index (κ3) is 2.77. The van der Waals surface area contributed by atoms with Gasteiger partial charge in [-0.1, -0.05) is 15.9 Å². The monoisotopic (exact) mass is 298 g/mol. The molecule has 4 nitrogen and oxygen atoms in total. The second-order valence-corrected chi connectivity index (χ2v) is 4.81. The summed E-state index contributed by atoms with van der Waals surface area (Å²) in [7, 11) is 0. The van der Waals surface area contributed by atoms with Crippen LogP contribution in [0.15, 0.2) is 18.2 Å². The molecule has 5 heteroatoms. The van der Waals surface area contributed by atoms with Crippen molar-refractivity contribution in [2.24, 2.45) is 0 Å². The summed E-state index contributed by atoms with van der Waals surface area (Å²) in [5.74, 6) is 0. The summed E-state index contributed by atoms with van der Waals surface area (Å²) in [5, 5.41) is 11.4. The molecule has 0 aromatic heterocycles. The predicted molar refractivity (Wildman–Crippen MR) is 71.8 cm³/mol. The normalized spacial score (nSPS) is 15.9. The Balaban J connectivity index is 2.27. The van der Waals surface area contributed by atoms with Gasteiger partial charge in [-0.2, -0.15) is 0 Å². The first-order chi connectivity index (χ1) is 8.22. The molecule has 0 amide bonds. The van der Waals surface area contributed by atoms with Crippen LogP contribution in [0.3, 0.4) is 0 Å². The van der Waals surface area contributed by atoms with E-state index in [2.05, 4.69) is 20.8 Å². The van der Waals surface area contributed by atoms with Crippen molar-refractivity contribution >= 4 is 27.3 Å². The number of alkyl halides is 1. The average Bonchev–Trinajstić information content (AvgIpc) is 2.39. The molecule has 0 spiro atoms. The maximum atomic E-state index is 10.8. The maximum Gasteiger partial charge on any atom is 0.273 e. The lowest BCUT2D eigenvalue weighted by atomic mass is 10.1. The number of nitro groups is 1. The van der Waals surface area contributed by atoms with Crippen LogP contribution < -0.4 is 4.90 Å². The largest absolute Gasteiger partial charge is 0.372 e. The topological polar surface area (TPSA) is 46.4 Å². The predicted octanol–water partition coefficient (Wildman–Crippen LogP) is 3.48. The van der Waals surface area contributed by atoms with E-state index >= 15 is 0 Å². The molecule has 0 unspecified atom stereocenters. The lowest BCUT2D eigenvalue weighted by Gasteiger charge is -2.29. The molecule has 0 aliphatic carbocycles. The van der Waals surface area contributed by atoms with Crippen molar-refractivity contribution in [2.45, 2.75) is 24.6 Å². The van der Waals surface area contributed by atoms with Crippen LogP contribution >= 0.6 is 15.9 Å². The number of nitro benzene ring substituents is 1. The van der Waals surface area contributed by atoms with Gasteiger partial charge in [-0.05, 0) is 31.4 Å². The lowest BCUT2D eigenvalue weighted by molar-refractivity contribution is -0.385. The van der Waals surface area contributed by atoms with Crippen LogP contribution in [0.5, 0.6) is 0 Å². The van der Waals surface area contributed by atoms with Crippen molar-refractivity contribution in [3.63, 3.8) is 0 Å². The van der Waals surface area contributed by atoms with Gasteiger partial charge in [-0.15, -0.1) is 0 Å². The minimum absolute atomic E-state index is 0.197. The van der Waals surface area contributed by atoms with Gasteiger partial charge in [0.1, 0.15) is 0 Å². The zero-order valence-corrected chi connectivity index (χ0v) is 11.1. The van der Waals surface area contributed by atoms with Crippen LogP contribution in [0.4, 0.5) is 11.4 Å². The highest BCUT2D eigenvalue weighted by molar-refractivity contribution is 9.08. The van der Waals surface area contributed by atoms with E-state index in [0.717, 1.165) is 24.3 Å². The van der Waals surface area contributed by atoms with Gasteiger partial charge in [0.05, 0.1) is 4.92 Å². The lowest BCUT2D eigenvalue weighted by Crippen LogP contribution is -2.29. The fourth-order valence-electron chi connectivity index (χ4n) is 2.21. The molecule has 1 fully saturated rings. The first-order valence-corrected chi connectivity index (χ1v) is 6.93. The van der Waals surface area contributed by atoms with E-state index in [1.165, 1.54) is 19.3 Å².